The summed E-state index contributed by atoms with van der Waals surface area (Å²) in [5.74, 6) is 0.264. The first-order valence-electron chi connectivity index (χ1n) is 4.42. The van der Waals surface area contributed by atoms with E-state index in [1.54, 1.807) is 0 Å². The lowest BCUT2D eigenvalue weighted by Crippen LogP contribution is -2.00. The van der Waals surface area contributed by atoms with Gasteiger partial charge < -0.3 is 11.5 Å². The number of nitrogens with zero attached hydrogens (tertiary/aromatic N) is 3. The van der Waals surface area contributed by atoms with Crippen molar-refractivity contribution in [2.45, 2.75) is 4.34 Å². The van der Waals surface area contributed by atoms with Crippen molar-refractivity contribution in [2.24, 2.45) is 0 Å². The molecule has 0 unspecified atom stereocenters. The van der Waals surface area contributed by atoms with Crippen LogP contribution < -0.4 is 11.5 Å². The standard InChI is InChI=1S/C8H9N5O2S2/c1-17(14,15)8-12-3-5(16-8)4-2-11-7(10)13-6(4)9/h2-3H,1H3,(H4,9,10,11,13). The van der Waals surface area contributed by atoms with Gasteiger partial charge in [-0.3, -0.25) is 0 Å². The molecule has 0 aliphatic heterocycles. The number of nitrogen functional groups attached to an aromatic ring is 2. The van der Waals surface area contributed by atoms with Gasteiger partial charge >= 0.3 is 0 Å². The Bertz CT molecular complexity index is 664. The molecular formula is C8H9N5O2S2. The molecule has 2 heterocycles. The fourth-order valence-electron chi connectivity index (χ4n) is 1.15. The van der Waals surface area contributed by atoms with Gasteiger partial charge in [0.25, 0.3) is 0 Å². The zero-order valence-corrected chi connectivity index (χ0v) is 10.4. The Hall–Kier alpha value is -1.74. The molecule has 2 aromatic heterocycles. The van der Waals surface area contributed by atoms with Gasteiger partial charge in [0.15, 0.2) is 0 Å². The van der Waals surface area contributed by atoms with Crippen LogP contribution in [0, 0.1) is 0 Å². The van der Waals surface area contributed by atoms with Crippen molar-refractivity contribution >= 4 is 32.9 Å². The van der Waals surface area contributed by atoms with Crippen LogP contribution in [0.2, 0.25) is 0 Å². The SMILES string of the molecule is CS(=O)(=O)c1ncc(-c2cnc(N)nc2N)s1. The third-order valence-electron chi connectivity index (χ3n) is 1.90. The molecule has 0 aliphatic carbocycles. The molecule has 17 heavy (non-hydrogen) atoms. The van der Waals surface area contributed by atoms with E-state index in [0.717, 1.165) is 17.6 Å². The average molecular weight is 271 g/mol. The van der Waals surface area contributed by atoms with Crippen LogP contribution in [-0.4, -0.2) is 29.6 Å². The van der Waals surface area contributed by atoms with Crippen LogP contribution >= 0.6 is 11.3 Å². The minimum Gasteiger partial charge on any atom is -0.383 e. The summed E-state index contributed by atoms with van der Waals surface area (Å²) in [5.41, 5.74) is 11.6. The van der Waals surface area contributed by atoms with Gasteiger partial charge in [-0.25, -0.2) is 18.4 Å². The topological polar surface area (TPSA) is 125 Å². The highest BCUT2D eigenvalue weighted by atomic mass is 32.2. The van der Waals surface area contributed by atoms with E-state index >= 15 is 0 Å². The van der Waals surface area contributed by atoms with Gasteiger partial charge in [-0.15, -0.1) is 11.3 Å². The number of aromatic nitrogens is 3. The zero-order chi connectivity index (χ0) is 12.6. The molecule has 0 spiro atoms. The molecule has 0 bridgehead atoms. The third-order valence-corrected chi connectivity index (χ3v) is 4.63. The molecule has 0 aromatic carbocycles. The van der Waals surface area contributed by atoms with Crippen LogP contribution in [0.3, 0.4) is 0 Å². The number of thiazole rings is 1. The van der Waals surface area contributed by atoms with Crippen molar-refractivity contribution in [3.63, 3.8) is 0 Å². The maximum absolute atomic E-state index is 11.3. The molecule has 9 heteroatoms. The fourth-order valence-corrected chi connectivity index (χ4v) is 2.94. The van der Waals surface area contributed by atoms with Crippen LogP contribution in [0.25, 0.3) is 10.4 Å². The molecule has 0 saturated carbocycles. The molecule has 0 aliphatic rings. The van der Waals surface area contributed by atoms with Gasteiger partial charge in [-0.05, 0) is 0 Å². The monoisotopic (exact) mass is 271 g/mol. The van der Waals surface area contributed by atoms with Crippen molar-refractivity contribution in [2.75, 3.05) is 17.7 Å². The Morgan fingerprint density at radius 1 is 1.24 bits per heavy atom. The lowest BCUT2D eigenvalue weighted by molar-refractivity contribution is 0.601. The van der Waals surface area contributed by atoms with Crippen LogP contribution in [0.5, 0.6) is 0 Å². The van der Waals surface area contributed by atoms with E-state index in [1.807, 2.05) is 0 Å². The first-order chi connectivity index (χ1) is 7.88. The highest BCUT2D eigenvalue weighted by Gasteiger charge is 2.15. The summed E-state index contributed by atoms with van der Waals surface area (Å²) >= 11 is 1.01. The molecule has 0 saturated heterocycles. The van der Waals surface area contributed by atoms with Crippen molar-refractivity contribution in [3.05, 3.63) is 12.4 Å². The van der Waals surface area contributed by atoms with Crippen molar-refractivity contribution in [1.82, 2.24) is 15.0 Å². The van der Waals surface area contributed by atoms with E-state index in [2.05, 4.69) is 15.0 Å². The number of anilines is 2. The van der Waals surface area contributed by atoms with Crippen molar-refractivity contribution < 1.29 is 8.42 Å². The first-order valence-corrected chi connectivity index (χ1v) is 7.13. The van der Waals surface area contributed by atoms with Gasteiger partial charge in [0.2, 0.25) is 20.1 Å². The number of nitrogens with two attached hydrogens (primary N) is 2. The summed E-state index contributed by atoms with van der Waals surface area (Å²) in [5, 5.41) is 0. The molecule has 90 valence electrons. The first kappa shape index (κ1) is 11.7. The summed E-state index contributed by atoms with van der Waals surface area (Å²) in [6.07, 6.45) is 3.96. The minimum atomic E-state index is -3.31. The molecule has 2 rings (SSSR count). The molecule has 7 nitrogen and oxygen atoms in total. The van der Waals surface area contributed by atoms with E-state index in [0.29, 0.717) is 10.4 Å². The number of rotatable bonds is 2. The van der Waals surface area contributed by atoms with Crippen LogP contribution in [0.15, 0.2) is 16.7 Å². The lowest BCUT2D eigenvalue weighted by atomic mass is 10.3. The minimum absolute atomic E-state index is 0.0312. The Kier molecular flexibility index (Phi) is 2.71. The average Bonchev–Trinajstić information content (AvgIpc) is 2.65. The van der Waals surface area contributed by atoms with Gasteiger partial charge in [0, 0.05) is 18.6 Å². The van der Waals surface area contributed by atoms with Crippen LogP contribution in [0.4, 0.5) is 11.8 Å². The Morgan fingerprint density at radius 2 is 1.94 bits per heavy atom. The van der Waals surface area contributed by atoms with Gasteiger partial charge in [-0.1, -0.05) is 0 Å². The normalized spacial score (nSPS) is 11.6. The number of hydrogen-bond acceptors (Lipinski definition) is 8. The Balaban J connectivity index is 2.51. The Labute approximate surface area is 101 Å². The molecular weight excluding hydrogens is 262 g/mol. The molecule has 4 N–H and O–H groups in total. The summed E-state index contributed by atoms with van der Waals surface area (Å²) in [6.45, 7) is 0. The van der Waals surface area contributed by atoms with E-state index in [-0.39, 0.29) is 16.1 Å². The maximum Gasteiger partial charge on any atom is 0.221 e. The van der Waals surface area contributed by atoms with Gasteiger partial charge in [0.05, 0.1) is 10.4 Å². The number of hydrogen-bond donors (Lipinski definition) is 2. The van der Waals surface area contributed by atoms with E-state index in [1.165, 1.54) is 12.4 Å². The molecule has 0 fully saturated rings. The summed E-state index contributed by atoms with van der Waals surface area (Å²) < 4.78 is 22.6. The van der Waals surface area contributed by atoms with Crippen molar-refractivity contribution in [3.8, 4) is 10.4 Å². The maximum atomic E-state index is 11.3. The van der Waals surface area contributed by atoms with Crippen molar-refractivity contribution in [1.29, 1.82) is 0 Å². The largest absolute Gasteiger partial charge is 0.383 e. The van der Waals surface area contributed by atoms with E-state index < -0.39 is 9.84 Å². The van der Waals surface area contributed by atoms with E-state index in [9.17, 15) is 8.42 Å². The quantitative estimate of drug-likeness (QED) is 0.797. The highest BCUT2D eigenvalue weighted by Crippen LogP contribution is 2.31. The number of sulfone groups is 1. The lowest BCUT2D eigenvalue weighted by Gasteiger charge is -2.00. The Morgan fingerprint density at radius 3 is 2.47 bits per heavy atom. The summed E-state index contributed by atoms with van der Waals surface area (Å²) in [4.78, 5) is 12.0. The van der Waals surface area contributed by atoms with E-state index in [4.69, 9.17) is 11.5 Å². The second kappa shape index (κ2) is 3.93. The summed E-state index contributed by atoms with van der Waals surface area (Å²) in [7, 11) is -3.31. The predicted molar refractivity (Wildman–Crippen MR) is 65.1 cm³/mol. The smallest absolute Gasteiger partial charge is 0.221 e. The predicted octanol–water partition coefficient (Wildman–Crippen LogP) is 0.168. The molecule has 0 atom stereocenters. The van der Waals surface area contributed by atoms with Gasteiger partial charge in [0.1, 0.15) is 5.82 Å². The van der Waals surface area contributed by atoms with Gasteiger partial charge in [-0.2, -0.15) is 4.98 Å². The third kappa shape index (κ3) is 2.34. The zero-order valence-electron chi connectivity index (χ0n) is 8.78. The second-order valence-corrected chi connectivity index (χ2v) is 6.51. The van der Waals surface area contributed by atoms with Crippen LogP contribution in [0.1, 0.15) is 0 Å². The fraction of sp³-hybridized carbons (Fsp3) is 0.125. The van der Waals surface area contributed by atoms with Crippen LogP contribution in [-0.2, 0) is 9.84 Å². The summed E-state index contributed by atoms with van der Waals surface area (Å²) in [6, 6.07) is 0. The molecule has 0 radical (unpaired) electrons. The molecule has 0 amide bonds. The second-order valence-electron chi connectivity index (χ2n) is 3.29. The molecule has 2 aromatic rings. The highest BCUT2D eigenvalue weighted by molar-refractivity contribution is 7.92.